The molecule has 0 aliphatic heterocycles. The molecule has 2 rings (SSSR count). The van der Waals surface area contributed by atoms with Crippen LogP contribution in [0.25, 0.3) is 0 Å². The molecule has 0 saturated heterocycles. The summed E-state index contributed by atoms with van der Waals surface area (Å²) in [6.45, 7) is 1.60. The second-order valence-electron chi connectivity index (χ2n) is 4.95. The summed E-state index contributed by atoms with van der Waals surface area (Å²) in [5.41, 5.74) is 6.62. The van der Waals surface area contributed by atoms with Crippen LogP contribution >= 0.6 is 12.4 Å². The number of anilines is 1. The number of nitrogens with zero attached hydrogens (tertiary/aromatic N) is 2. The van der Waals surface area contributed by atoms with Gasteiger partial charge in [0.2, 0.25) is 11.8 Å². The van der Waals surface area contributed by atoms with Crippen molar-refractivity contribution in [3.8, 4) is 0 Å². The van der Waals surface area contributed by atoms with Gasteiger partial charge in [-0.1, -0.05) is 35.5 Å². The highest BCUT2D eigenvalue weighted by Gasteiger charge is 2.21. The highest BCUT2D eigenvalue weighted by atomic mass is 35.5. The Labute approximate surface area is 140 Å². The second-order valence-corrected chi connectivity index (χ2v) is 4.95. The van der Waals surface area contributed by atoms with E-state index in [1.807, 2.05) is 18.2 Å². The van der Waals surface area contributed by atoms with Gasteiger partial charge in [-0.05, 0) is 12.5 Å². The molecule has 0 aliphatic carbocycles. The van der Waals surface area contributed by atoms with Crippen molar-refractivity contribution in [2.24, 2.45) is 5.73 Å². The van der Waals surface area contributed by atoms with Crippen molar-refractivity contribution in [3.05, 3.63) is 47.7 Å². The molecule has 1 aromatic carbocycles. The van der Waals surface area contributed by atoms with E-state index in [0.717, 1.165) is 0 Å². The summed E-state index contributed by atoms with van der Waals surface area (Å²) in [7, 11) is 1.53. The van der Waals surface area contributed by atoms with Crippen LogP contribution in [0.5, 0.6) is 0 Å². The van der Waals surface area contributed by atoms with Gasteiger partial charge in [0, 0.05) is 13.1 Å². The lowest BCUT2D eigenvalue weighted by Crippen LogP contribution is -2.40. The zero-order valence-electron chi connectivity index (χ0n) is 12.9. The van der Waals surface area contributed by atoms with Crippen LogP contribution in [0.2, 0.25) is 0 Å². The molecule has 124 valence electrons. The molecule has 1 aromatic heterocycles. The zero-order chi connectivity index (χ0) is 16.1. The molecule has 1 unspecified atom stereocenters. The predicted octanol–water partition coefficient (Wildman–Crippen LogP) is 1.50. The summed E-state index contributed by atoms with van der Waals surface area (Å²) in [4.78, 5) is 25.4. The number of amides is 2. The lowest BCUT2D eigenvalue weighted by Gasteiger charge is -2.20. The minimum Gasteiger partial charge on any atom is -0.360 e. The minimum atomic E-state index is -0.798. The molecule has 2 aromatic rings. The topological polar surface area (TPSA) is 101 Å². The molecular formula is C15H19ClN4O3. The lowest BCUT2D eigenvalue weighted by atomic mass is 10.1. The second kappa shape index (κ2) is 8.30. The Balaban J connectivity index is 0.00000264. The Morgan fingerprint density at radius 2 is 2.00 bits per heavy atom. The van der Waals surface area contributed by atoms with Crippen molar-refractivity contribution in [2.75, 3.05) is 18.9 Å². The first-order valence-corrected chi connectivity index (χ1v) is 6.76. The monoisotopic (exact) mass is 338 g/mol. The Bertz CT molecular complexity index is 660. The van der Waals surface area contributed by atoms with Crippen molar-refractivity contribution < 1.29 is 14.1 Å². The largest absolute Gasteiger partial charge is 0.360 e. The average Bonchev–Trinajstić information content (AvgIpc) is 2.91. The number of nitrogens with two attached hydrogens (primary N) is 1. The van der Waals surface area contributed by atoms with Crippen molar-refractivity contribution in [1.82, 2.24) is 10.1 Å². The summed E-state index contributed by atoms with van der Waals surface area (Å²) < 4.78 is 4.85. The molecular weight excluding hydrogens is 320 g/mol. The number of rotatable bonds is 5. The van der Waals surface area contributed by atoms with Gasteiger partial charge in [0.15, 0.2) is 5.82 Å². The first-order valence-electron chi connectivity index (χ1n) is 6.76. The first kappa shape index (κ1) is 18.7. The molecule has 0 fully saturated rings. The Morgan fingerprint density at radius 3 is 2.57 bits per heavy atom. The number of benzene rings is 1. The van der Waals surface area contributed by atoms with E-state index in [1.54, 1.807) is 25.1 Å². The number of aromatic nitrogens is 1. The van der Waals surface area contributed by atoms with Gasteiger partial charge in [0.25, 0.3) is 0 Å². The van der Waals surface area contributed by atoms with Crippen LogP contribution in [-0.2, 0) is 9.59 Å². The van der Waals surface area contributed by atoms with Crippen molar-refractivity contribution in [2.45, 2.75) is 13.0 Å². The van der Waals surface area contributed by atoms with E-state index < -0.39 is 6.04 Å². The summed E-state index contributed by atoms with van der Waals surface area (Å²) >= 11 is 0. The fourth-order valence-corrected chi connectivity index (χ4v) is 1.94. The summed E-state index contributed by atoms with van der Waals surface area (Å²) in [6.07, 6.45) is 0. The molecule has 7 nitrogen and oxygen atoms in total. The highest BCUT2D eigenvalue weighted by Crippen LogP contribution is 2.12. The van der Waals surface area contributed by atoms with Gasteiger partial charge >= 0.3 is 0 Å². The number of likely N-dealkylation sites (N-methyl/N-ethyl adjacent to an activating group) is 1. The summed E-state index contributed by atoms with van der Waals surface area (Å²) in [5, 5.41) is 6.20. The number of aryl methyl sites for hydroxylation is 1. The first-order chi connectivity index (χ1) is 10.5. The van der Waals surface area contributed by atoms with E-state index in [4.69, 9.17) is 10.3 Å². The number of halogens is 1. The molecule has 1 heterocycles. The summed E-state index contributed by atoms with van der Waals surface area (Å²) in [5.74, 6) is 0.198. The number of hydrogen-bond acceptors (Lipinski definition) is 5. The van der Waals surface area contributed by atoms with Crippen molar-refractivity contribution in [3.63, 3.8) is 0 Å². The zero-order valence-corrected chi connectivity index (χ0v) is 13.7. The fourth-order valence-electron chi connectivity index (χ4n) is 1.94. The van der Waals surface area contributed by atoms with E-state index in [-0.39, 0.29) is 30.8 Å². The Hall–Kier alpha value is -2.38. The van der Waals surface area contributed by atoms with Gasteiger partial charge < -0.3 is 20.5 Å². The smallest absolute Gasteiger partial charge is 0.245 e. The maximum absolute atomic E-state index is 12.2. The van der Waals surface area contributed by atoms with Gasteiger partial charge in [-0.3, -0.25) is 9.59 Å². The van der Waals surface area contributed by atoms with Crippen LogP contribution in [0.1, 0.15) is 17.4 Å². The predicted molar refractivity (Wildman–Crippen MR) is 88.1 cm³/mol. The molecule has 2 amide bonds. The van der Waals surface area contributed by atoms with Crippen LogP contribution in [0, 0.1) is 6.92 Å². The number of hydrogen-bond donors (Lipinski definition) is 2. The SMILES string of the molecule is Cc1cc(NC(=O)CN(C)C(=O)C(N)c2ccccc2)no1.Cl. The minimum absolute atomic E-state index is 0. The fraction of sp³-hybridized carbons (Fsp3) is 0.267. The van der Waals surface area contributed by atoms with Gasteiger partial charge in [0.05, 0.1) is 6.54 Å². The molecule has 23 heavy (non-hydrogen) atoms. The molecule has 1 atom stereocenters. The van der Waals surface area contributed by atoms with Gasteiger partial charge in [-0.15, -0.1) is 12.4 Å². The third-order valence-corrected chi connectivity index (χ3v) is 3.08. The van der Waals surface area contributed by atoms with E-state index >= 15 is 0 Å². The average molecular weight is 339 g/mol. The van der Waals surface area contributed by atoms with E-state index in [2.05, 4.69) is 10.5 Å². The number of carbonyl (C=O) groups is 2. The van der Waals surface area contributed by atoms with Crippen molar-refractivity contribution in [1.29, 1.82) is 0 Å². The lowest BCUT2D eigenvalue weighted by molar-refractivity contribution is -0.134. The Kier molecular flexibility index (Phi) is 6.74. The van der Waals surface area contributed by atoms with Crippen LogP contribution in [0.3, 0.4) is 0 Å². The van der Waals surface area contributed by atoms with Gasteiger partial charge in [-0.2, -0.15) is 0 Å². The number of carbonyl (C=O) groups excluding carboxylic acids is 2. The normalized spacial score (nSPS) is 11.3. The van der Waals surface area contributed by atoms with Gasteiger partial charge in [-0.25, -0.2) is 0 Å². The summed E-state index contributed by atoms with van der Waals surface area (Å²) in [6, 6.07) is 9.80. The third kappa shape index (κ3) is 5.08. The van der Waals surface area contributed by atoms with Gasteiger partial charge in [0.1, 0.15) is 11.8 Å². The molecule has 0 bridgehead atoms. The molecule has 0 radical (unpaired) electrons. The molecule has 3 N–H and O–H groups in total. The van der Waals surface area contributed by atoms with E-state index in [9.17, 15) is 9.59 Å². The van der Waals surface area contributed by atoms with E-state index in [1.165, 1.54) is 11.9 Å². The maximum Gasteiger partial charge on any atom is 0.245 e. The third-order valence-electron chi connectivity index (χ3n) is 3.08. The molecule has 0 spiro atoms. The highest BCUT2D eigenvalue weighted by molar-refractivity contribution is 5.94. The molecule has 8 heteroatoms. The number of nitrogens with one attached hydrogen (secondary N) is 1. The van der Waals surface area contributed by atoms with Crippen LogP contribution in [0.15, 0.2) is 40.9 Å². The van der Waals surface area contributed by atoms with Crippen LogP contribution < -0.4 is 11.1 Å². The quantitative estimate of drug-likeness (QED) is 0.860. The molecule has 0 aliphatic rings. The maximum atomic E-state index is 12.2. The van der Waals surface area contributed by atoms with Crippen molar-refractivity contribution >= 4 is 30.0 Å². The van der Waals surface area contributed by atoms with Crippen LogP contribution in [0.4, 0.5) is 5.82 Å². The van der Waals surface area contributed by atoms with Crippen LogP contribution in [-0.4, -0.2) is 35.5 Å². The Morgan fingerprint density at radius 1 is 1.35 bits per heavy atom. The standard InChI is InChI=1S/C15H18N4O3.ClH/c1-10-8-12(18-22-10)17-13(20)9-19(2)15(21)14(16)11-6-4-3-5-7-11;/h3-8,14H,9,16H2,1-2H3,(H,17,18,20);1H. The molecule has 0 saturated carbocycles. The van der Waals surface area contributed by atoms with E-state index in [0.29, 0.717) is 17.1 Å².